The number of hydrogen-bond donors (Lipinski definition) is 0. The predicted molar refractivity (Wildman–Crippen MR) is 66.0 cm³/mol. The summed E-state index contributed by atoms with van der Waals surface area (Å²) >= 11 is 6.54. The molecule has 0 heterocycles. The topological polar surface area (TPSA) is 0 Å². The summed E-state index contributed by atoms with van der Waals surface area (Å²) in [6.07, 6.45) is 7.11. The number of halogens is 1. The van der Waals surface area contributed by atoms with Gasteiger partial charge >= 0.3 is 0 Å². The van der Waals surface area contributed by atoms with E-state index < -0.39 is 7.38 Å². The third-order valence-corrected chi connectivity index (χ3v) is 8.76. The second kappa shape index (κ2) is 7.63. The van der Waals surface area contributed by atoms with Crippen molar-refractivity contribution in [1.29, 1.82) is 0 Å². The summed E-state index contributed by atoms with van der Waals surface area (Å²) in [4.78, 5) is 0. The Bertz CT molecular complexity index is 130. The van der Waals surface area contributed by atoms with Crippen molar-refractivity contribution in [3.8, 4) is 0 Å². The fraction of sp³-hybridized carbons (Fsp3) is 0.818. The lowest BCUT2D eigenvalue weighted by Gasteiger charge is -2.20. The maximum atomic E-state index is 6.54. The summed E-state index contributed by atoms with van der Waals surface area (Å²) in [6, 6.07) is 3.76. The van der Waals surface area contributed by atoms with Crippen molar-refractivity contribution in [2.24, 2.45) is 0 Å². The minimum absolute atomic E-state index is 1.16. The zero-order valence-electron chi connectivity index (χ0n) is 9.11. The van der Waals surface area contributed by atoms with Crippen LogP contribution in [0.4, 0.5) is 0 Å². The first kappa shape index (κ1) is 13.2. The Hall–Kier alpha value is 0.247. The molecule has 0 bridgehead atoms. The van der Waals surface area contributed by atoms with Crippen LogP contribution in [0.3, 0.4) is 0 Å². The molecule has 0 nitrogen and oxygen atoms in total. The lowest BCUT2D eigenvalue weighted by molar-refractivity contribution is 0.723. The van der Waals surface area contributed by atoms with Crippen LogP contribution in [0.1, 0.15) is 39.5 Å². The fourth-order valence-corrected chi connectivity index (χ4v) is 4.00. The van der Waals surface area contributed by atoms with E-state index in [-0.39, 0.29) is 0 Å². The Morgan fingerprint density at radius 3 is 2.23 bits per heavy atom. The lowest BCUT2D eigenvalue weighted by Crippen LogP contribution is -2.23. The van der Waals surface area contributed by atoms with Gasteiger partial charge in [0.1, 0.15) is 0 Å². The molecule has 0 amide bonds. The number of unbranched alkanes of at least 4 members (excludes halogenated alkanes) is 3. The first-order valence-corrected chi connectivity index (χ1v) is 9.11. The van der Waals surface area contributed by atoms with E-state index in [4.69, 9.17) is 11.1 Å². The molecule has 0 aromatic heterocycles. The Balaban J connectivity index is 3.44. The Morgan fingerprint density at radius 2 is 1.77 bits per heavy atom. The first-order valence-electron chi connectivity index (χ1n) is 5.48. The summed E-state index contributed by atoms with van der Waals surface area (Å²) < 4.78 is 0. The molecule has 78 valence electrons. The van der Waals surface area contributed by atoms with E-state index in [1.807, 2.05) is 6.08 Å². The molecule has 0 saturated heterocycles. The molecule has 13 heavy (non-hydrogen) atoms. The van der Waals surface area contributed by atoms with Crippen molar-refractivity contribution < 1.29 is 0 Å². The van der Waals surface area contributed by atoms with Crippen molar-refractivity contribution >= 4 is 18.5 Å². The largest absolute Gasteiger partial charge is 0.167 e. The zero-order chi connectivity index (χ0) is 10.2. The molecular weight excluding hydrogens is 196 g/mol. The van der Waals surface area contributed by atoms with Crippen molar-refractivity contribution in [2.75, 3.05) is 0 Å². The normalized spacial score (nSPS) is 11.6. The van der Waals surface area contributed by atoms with E-state index >= 15 is 0 Å². The maximum Gasteiger partial charge on any atom is 0.156 e. The van der Waals surface area contributed by atoms with Crippen LogP contribution in [-0.2, 0) is 0 Å². The molecule has 0 unspecified atom stereocenters. The first-order chi connectivity index (χ1) is 6.18. The Labute approximate surface area is 89.1 Å². The third-order valence-electron chi connectivity index (χ3n) is 2.80. The molecule has 0 aliphatic rings. The Kier molecular flexibility index (Phi) is 7.78. The van der Waals surface area contributed by atoms with E-state index in [2.05, 4.69) is 20.4 Å². The molecule has 0 saturated carbocycles. The highest BCUT2D eigenvalue weighted by molar-refractivity contribution is 7.20. The summed E-state index contributed by atoms with van der Waals surface area (Å²) in [5.74, 6) is 0. The van der Waals surface area contributed by atoms with E-state index in [0.717, 1.165) is 6.42 Å². The summed E-state index contributed by atoms with van der Waals surface area (Å²) in [7, 11) is -1.31. The molecule has 0 aromatic rings. The monoisotopic (exact) mass is 218 g/mol. The van der Waals surface area contributed by atoms with Crippen LogP contribution in [0.5, 0.6) is 0 Å². The molecule has 0 rings (SSSR count). The minimum Gasteiger partial charge on any atom is -0.167 e. The molecule has 0 aliphatic heterocycles. The highest BCUT2D eigenvalue weighted by Gasteiger charge is 2.24. The molecule has 0 atom stereocenters. The SMILES string of the molecule is C=CCCCCC[Si](Cl)(CC)CC. The van der Waals surface area contributed by atoms with Crippen LogP contribution >= 0.6 is 11.1 Å². The maximum absolute atomic E-state index is 6.54. The van der Waals surface area contributed by atoms with Gasteiger partial charge in [-0.15, -0.1) is 6.58 Å². The van der Waals surface area contributed by atoms with Gasteiger partial charge in [0.15, 0.2) is 7.38 Å². The second-order valence-electron chi connectivity index (χ2n) is 3.75. The highest BCUT2D eigenvalue weighted by Crippen LogP contribution is 2.27. The molecule has 0 aromatic carbocycles. The summed E-state index contributed by atoms with van der Waals surface area (Å²) in [5.41, 5.74) is 0. The van der Waals surface area contributed by atoms with Crippen LogP contribution in [0, 0.1) is 0 Å². The lowest BCUT2D eigenvalue weighted by atomic mass is 10.2. The zero-order valence-corrected chi connectivity index (χ0v) is 10.9. The smallest absolute Gasteiger partial charge is 0.156 e. The van der Waals surface area contributed by atoms with Gasteiger partial charge in [-0.2, -0.15) is 11.1 Å². The number of hydrogen-bond acceptors (Lipinski definition) is 0. The van der Waals surface area contributed by atoms with Crippen molar-refractivity contribution in [2.45, 2.75) is 57.7 Å². The molecule has 0 fully saturated rings. The molecule has 0 radical (unpaired) electrons. The van der Waals surface area contributed by atoms with Gasteiger partial charge in [-0.05, 0) is 31.0 Å². The van der Waals surface area contributed by atoms with Crippen LogP contribution in [0.25, 0.3) is 0 Å². The van der Waals surface area contributed by atoms with E-state index in [1.54, 1.807) is 0 Å². The standard InChI is InChI=1S/C11H23ClSi/c1-4-7-8-9-10-11-13(12,5-2)6-3/h4H,1,5-11H2,2-3H3. The average Bonchev–Trinajstić information content (AvgIpc) is 2.17. The van der Waals surface area contributed by atoms with Crippen molar-refractivity contribution in [3.63, 3.8) is 0 Å². The van der Waals surface area contributed by atoms with Gasteiger partial charge in [0.05, 0.1) is 0 Å². The number of rotatable bonds is 8. The highest BCUT2D eigenvalue weighted by atomic mass is 35.6. The van der Waals surface area contributed by atoms with Crippen LogP contribution in [-0.4, -0.2) is 7.38 Å². The quantitative estimate of drug-likeness (QED) is 0.234. The van der Waals surface area contributed by atoms with Gasteiger partial charge in [-0.25, -0.2) is 0 Å². The fourth-order valence-electron chi connectivity index (χ4n) is 1.51. The molecule has 2 heteroatoms. The molecule has 0 aliphatic carbocycles. The second-order valence-corrected chi connectivity index (χ2v) is 10.4. The summed E-state index contributed by atoms with van der Waals surface area (Å²) in [5, 5.41) is 0. The van der Waals surface area contributed by atoms with Crippen LogP contribution < -0.4 is 0 Å². The molecule has 0 N–H and O–H groups in total. The van der Waals surface area contributed by atoms with Crippen LogP contribution in [0.15, 0.2) is 12.7 Å². The van der Waals surface area contributed by atoms with E-state index in [9.17, 15) is 0 Å². The molecular formula is C11H23ClSi. The molecule has 0 spiro atoms. The van der Waals surface area contributed by atoms with Crippen molar-refractivity contribution in [3.05, 3.63) is 12.7 Å². The summed E-state index contributed by atoms with van der Waals surface area (Å²) in [6.45, 7) is 8.21. The van der Waals surface area contributed by atoms with Gasteiger partial charge < -0.3 is 0 Å². The van der Waals surface area contributed by atoms with Gasteiger partial charge in [0.25, 0.3) is 0 Å². The van der Waals surface area contributed by atoms with Crippen molar-refractivity contribution in [1.82, 2.24) is 0 Å². The van der Waals surface area contributed by atoms with Gasteiger partial charge in [-0.1, -0.05) is 32.8 Å². The van der Waals surface area contributed by atoms with Gasteiger partial charge in [0, 0.05) is 0 Å². The van der Waals surface area contributed by atoms with Gasteiger partial charge in [0.2, 0.25) is 0 Å². The number of allylic oxidation sites excluding steroid dienone is 1. The van der Waals surface area contributed by atoms with E-state index in [0.29, 0.717) is 0 Å². The average molecular weight is 219 g/mol. The van der Waals surface area contributed by atoms with E-state index in [1.165, 1.54) is 37.4 Å². The van der Waals surface area contributed by atoms with Gasteiger partial charge in [-0.3, -0.25) is 0 Å². The third kappa shape index (κ3) is 6.34. The van der Waals surface area contributed by atoms with Crippen LogP contribution in [0.2, 0.25) is 18.1 Å². The Morgan fingerprint density at radius 1 is 1.15 bits per heavy atom. The minimum atomic E-state index is -1.31. The predicted octanol–water partition coefficient (Wildman–Crippen LogP) is 4.96.